The molecular weight excluding hydrogens is 1760 g/mol. The molecule has 0 heterocycles. The Hall–Kier alpha value is -10.5. The van der Waals surface area contributed by atoms with Gasteiger partial charge in [-0.1, -0.05) is 190 Å². The van der Waals surface area contributed by atoms with E-state index in [9.17, 15) is 38.4 Å². The van der Waals surface area contributed by atoms with E-state index in [0.717, 1.165) is 254 Å². The Morgan fingerprint density at radius 3 is 0.550 bits per heavy atom. The maximum absolute atomic E-state index is 11.8. The highest BCUT2D eigenvalue weighted by Gasteiger charge is 2.29. The third-order valence-corrected chi connectivity index (χ3v) is 25.0. The third-order valence-electron chi connectivity index (χ3n) is 25.0. The Kier molecular flexibility index (Phi) is 81.7. The fourth-order valence-corrected chi connectivity index (χ4v) is 15.5. The normalized spacial score (nSPS) is 12.0. The number of likely N-dealkylation sites (N-methyl/N-ethyl adjacent to an activating group) is 8. The van der Waals surface area contributed by atoms with Crippen molar-refractivity contribution in [3.05, 3.63) is 168 Å². The zero-order valence-corrected chi connectivity index (χ0v) is 91.7. The molecule has 0 spiro atoms. The quantitative estimate of drug-likeness (QED) is 0.0100. The molecule has 0 bridgehead atoms. The number of hydrogen-bond acceptors (Lipinski definition) is 16. The number of unbranched alkanes of at least 4 members (excludes halogenated alkanes) is 2. The van der Waals surface area contributed by atoms with Gasteiger partial charge in [-0.3, -0.25) is 0 Å². The van der Waals surface area contributed by atoms with Crippen LogP contribution in [0.3, 0.4) is 0 Å². The molecular formula is C116H192N8O16+8. The lowest BCUT2D eigenvalue weighted by molar-refractivity contribution is -0.927. The van der Waals surface area contributed by atoms with Gasteiger partial charge in [-0.25, -0.2) is 38.4 Å². The summed E-state index contributed by atoms with van der Waals surface area (Å²) in [6.45, 7) is 69.9. The minimum atomic E-state index is -0.585. The highest BCUT2D eigenvalue weighted by Crippen LogP contribution is 2.17. The number of carbonyl (C=O) groups is 8. The summed E-state index contributed by atoms with van der Waals surface area (Å²) >= 11 is 0. The van der Waals surface area contributed by atoms with Crippen molar-refractivity contribution in [1.82, 2.24) is 0 Å². The first-order valence-corrected chi connectivity index (χ1v) is 51.6. The fourth-order valence-electron chi connectivity index (χ4n) is 15.5. The Labute approximate surface area is 850 Å². The van der Waals surface area contributed by atoms with Crippen LogP contribution in [0.4, 0.5) is 0 Å². The summed E-state index contributed by atoms with van der Waals surface area (Å²) < 4.78 is 48.3. The first-order valence-electron chi connectivity index (χ1n) is 51.6. The molecule has 0 saturated carbocycles. The van der Waals surface area contributed by atoms with Crippen molar-refractivity contribution in [2.75, 3.05) is 265 Å². The van der Waals surface area contributed by atoms with Gasteiger partial charge in [-0.15, -0.1) is 25.7 Å². The number of hydrogen-bond donors (Lipinski definition) is 0. The Balaban J connectivity index is -0.000000761. The van der Waals surface area contributed by atoms with Crippen LogP contribution in [0.15, 0.2) is 146 Å². The molecule has 0 saturated heterocycles. The maximum atomic E-state index is 11.8. The van der Waals surface area contributed by atoms with Crippen molar-refractivity contribution in [3.63, 3.8) is 0 Å². The first kappa shape index (κ1) is 136. The molecule has 0 aliphatic carbocycles. The standard InChI is InChI=1S/C20H32NO2.C19H30NO2.C17H26NO2.C14H20NO2.C14H26NO2.C13H24NO2.C11H20NO2.C8H14NO2/c1-4-7-16-21(6-3,15-5-2)17-18-23-20(22)14-13-19-11-9-8-10-12-19;1-4-14-20(6-3,15-5-2)16-17-22-19(21)13-12-18-10-8-7-9-11-18;1-4-18(5-2,6-3)14-15-20-17(19)13-12-16-10-8-7-9-11-16;1-15(2,3)11-12-17-14(16)10-9-13-7-5-4-6-8-13;1-5-9-11-15(8-4,10-6-2)12-13-17-14(16)7-3;1-5-9-14(8-4,10-6-2)11-12-16-13(15)7-3;1-5-11(13)14-10-9-12(6-2,7-3)8-4;1-5-8(10)11-7-6-9(2,3)4/h8-14H,4-7,15-18H2,1-3H3;7-13H,4-6,14-17H2,1-3H3;7-13H,4-6,14-15H2,1-3H3;4-10H,11-12H2,1-3H3;3H,5-6,8-13H2,1-2,4H3;3H,5-6,8-12H2,1-2,4H3;1H,6-10H2,2-4H3;1H,6-7H2,2-4H3/q8*+1/b14-13+;2*13-12+;10-9+;;;;. The number of rotatable bonds is 60. The first-order chi connectivity index (χ1) is 66.8. The smallest absolute Gasteiger partial charge is 0.384 e. The molecule has 0 aliphatic rings. The van der Waals surface area contributed by atoms with Crippen LogP contribution in [0.1, 0.15) is 211 Å². The predicted molar refractivity (Wildman–Crippen MR) is 577 cm³/mol. The van der Waals surface area contributed by atoms with Crippen LogP contribution in [0.5, 0.6) is 0 Å². The average Bonchev–Trinajstić information content (AvgIpc) is 1.78. The lowest BCUT2D eigenvalue weighted by atomic mass is 10.2. The molecule has 24 heteroatoms. The summed E-state index contributed by atoms with van der Waals surface area (Å²) in [4.78, 5) is 89.5. The largest absolute Gasteiger partial charge is 0.457 e. The van der Waals surface area contributed by atoms with E-state index in [-0.39, 0.29) is 23.9 Å². The highest BCUT2D eigenvalue weighted by molar-refractivity contribution is 5.90. The van der Waals surface area contributed by atoms with Crippen molar-refractivity contribution in [2.45, 2.75) is 189 Å². The van der Waals surface area contributed by atoms with E-state index in [1.54, 1.807) is 24.3 Å². The second-order valence-electron chi connectivity index (χ2n) is 36.8. The second kappa shape index (κ2) is 84.2. The number of ether oxygens (including phenoxy) is 8. The topological polar surface area (TPSA) is 210 Å². The molecule has 140 heavy (non-hydrogen) atoms. The van der Waals surface area contributed by atoms with Gasteiger partial charge in [0, 0.05) is 48.0 Å². The van der Waals surface area contributed by atoms with E-state index in [1.165, 1.54) is 63.0 Å². The molecule has 2 unspecified atom stereocenters. The number of nitrogens with zero attached hydrogens (tertiary/aromatic N) is 8. The number of terminal acetylenes is 4. The van der Waals surface area contributed by atoms with Gasteiger partial charge >= 0.3 is 47.8 Å². The molecule has 784 valence electrons. The zero-order chi connectivity index (χ0) is 106. The Morgan fingerprint density at radius 2 is 0.386 bits per heavy atom. The summed E-state index contributed by atoms with van der Waals surface area (Å²) in [5.41, 5.74) is 4.02. The molecule has 0 amide bonds. The van der Waals surface area contributed by atoms with Crippen molar-refractivity contribution >= 4 is 72.1 Å². The summed E-state index contributed by atoms with van der Waals surface area (Å²) in [7, 11) is 12.2. The molecule has 0 aliphatic heterocycles. The predicted octanol–water partition coefficient (Wildman–Crippen LogP) is 18.2. The van der Waals surface area contributed by atoms with Crippen LogP contribution in [0.2, 0.25) is 0 Å². The fraction of sp³-hybridized carbons (Fsp3) is 0.586. The van der Waals surface area contributed by atoms with Gasteiger partial charge in [0.15, 0.2) is 0 Å². The van der Waals surface area contributed by atoms with E-state index in [4.69, 9.17) is 58.9 Å². The van der Waals surface area contributed by atoms with E-state index in [1.807, 2.05) is 166 Å². The zero-order valence-electron chi connectivity index (χ0n) is 91.7. The summed E-state index contributed by atoms with van der Waals surface area (Å²) in [5.74, 6) is 4.44. The molecule has 4 rings (SSSR count). The van der Waals surface area contributed by atoms with Crippen LogP contribution >= 0.6 is 0 Å². The monoisotopic (exact) mass is 1950 g/mol. The number of benzene rings is 4. The Morgan fingerprint density at radius 1 is 0.221 bits per heavy atom. The van der Waals surface area contributed by atoms with Crippen LogP contribution in [-0.4, -0.2) is 349 Å². The molecule has 4 aromatic carbocycles. The average molecular weight is 1950 g/mol. The van der Waals surface area contributed by atoms with Crippen LogP contribution in [0, 0.1) is 49.4 Å². The van der Waals surface area contributed by atoms with Gasteiger partial charge in [0.25, 0.3) is 0 Å². The maximum Gasteiger partial charge on any atom is 0.384 e. The van der Waals surface area contributed by atoms with Gasteiger partial charge in [0.05, 0.1) is 160 Å². The third kappa shape index (κ3) is 71.0. The van der Waals surface area contributed by atoms with Crippen LogP contribution < -0.4 is 0 Å². The van der Waals surface area contributed by atoms with Crippen molar-refractivity contribution in [2.24, 2.45) is 0 Å². The molecule has 24 nitrogen and oxygen atoms in total. The van der Waals surface area contributed by atoms with Gasteiger partial charge in [-0.2, -0.15) is 0 Å². The highest BCUT2D eigenvalue weighted by atomic mass is 16.6. The molecule has 2 atom stereocenters. The molecule has 0 aromatic heterocycles. The van der Waals surface area contributed by atoms with Crippen LogP contribution in [0.25, 0.3) is 24.3 Å². The minimum Gasteiger partial charge on any atom is -0.457 e. The summed E-state index contributed by atoms with van der Waals surface area (Å²) in [6, 6.07) is 39.0. The lowest BCUT2D eigenvalue weighted by Gasteiger charge is -2.37. The van der Waals surface area contributed by atoms with E-state index in [0.29, 0.717) is 52.9 Å². The summed E-state index contributed by atoms with van der Waals surface area (Å²) in [6.07, 6.45) is 44.5. The number of carbonyl (C=O) groups excluding carboxylic acids is 8. The van der Waals surface area contributed by atoms with E-state index in [2.05, 4.69) is 151 Å². The van der Waals surface area contributed by atoms with Crippen molar-refractivity contribution in [1.29, 1.82) is 0 Å². The molecule has 0 N–H and O–H groups in total. The van der Waals surface area contributed by atoms with E-state index >= 15 is 0 Å². The number of quaternary nitrogens is 8. The van der Waals surface area contributed by atoms with Crippen molar-refractivity contribution < 1.29 is 112 Å². The van der Waals surface area contributed by atoms with Gasteiger partial charge in [0.2, 0.25) is 0 Å². The SMILES string of the molecule is C#CC(=O)OCC[N+](C)(C)C.C#CC(=O)OCC[N+](CC)(CC)CC.C#CC(=O)OCC[N+](CC)(CCC)CCC.C#CC(=O)OCC[N+](CC)(CCC)CCCC.CCCC[N+](CC)(CCC)CCOC(=O)/C=C/c1ccccc1.CCC[N+](CC)(CCC)CCOC(=O)/C=C/c1ccccc1.CC[N+](CC)(CC)CCOC(=O)/C=C/c1ccccc1.C[N+](C)(C)CCOC(=O)/C=C/c1ccccc1. The van der Waals surface area contributed by atoms with Crippen LogP contribution in [-0.2, 0) is 76.3 Å². The molecule has 0 radical (unpaired) electrons. The van der Waals surface area contributed by atoms with Gasteiger partial charge in [-0.05, 0) is 167 Å². The molecule has 0 fully saturated rings. The van der Waals surface area contributed by atoms with Gasteiger partial charge in [0.1, 0.15) is 105 Å². The lowest BCUT2D eigenvalue weighted by Crippen LogP contribution is -2.51. The Bertz CT molecular complexity index is 4150. The van der Waals surface area contributed by atoms with E-state index < -0.39 is 23.9 Å². The number of esters is 8. The minimum absolute atomic E-state index is 0.255. The molecule has 4 aromatic rings. The second-order valence-corrected chi connectivity index (χ2v) is 36.8. The van der Waals surface area contributed by atoms with Crippen molar-refractivity contribution in [3.8, 4) is 49.4 Å². The van der Waals surface area contributed by atoms with Gasteiger partial charge < -0.3 is 73.8 Å². The summed E-state index contributed by atoms with van der Waals surface area (Å²) in [5, 5.41) is 0.